The van der Waals surface area contributed by atoms with Crippen LogP contribution in [0.4, 0.5) is 33.3 Å². The summed E-state index contributed by atoms with van der Waals surface area (Å²) in [6, 6.07) is 5.80. The van der Waals surface area contributed by atoms with Crippen LogP contribution in [-0.4, -0.2) is 18.4 Å². The van der Waals surface area contributed by atoms with Crippen molar-refractivity contribution in [3.8, 4) is 0 Å². The molecular formula is C25H17ClF5N3O2. The number of rotatable bonds is 3. The van der Waals surface area contributed by atoms with E-state index in [0.717, 1.165) is 18.6 Å². The Hall–Kier alpha value is -3.66. The zero-order chi connectivity index (χ0) is 25.8. The second kappa shape index (κ2) is 8.77. The van der Waals surface area contributed by atoms with Crippen LogP contribution in [0.15, 0.2) is 42.5 Å². The van der Waals surface area contributed by atoms with Crippen molar-refractivity contribution in [2.75, 3.05) is 17.2 Å². The Balaban J connectivity index is 1.64. The molecule has 2 aliphatic rings. The number of carbonyl (C=O) groups is 2. The molecule has 1 atom stereocenters. The summed E-state index contributed by atoms with van der Waals surface area (Å²) >= 11 is 6.30. The van der Waals surface area contributed by atoms with Gasteiger partial charge in [-0.1, -0.05) is 11.6 Å². The first-order valence-electron chi connectivity index (χ1n) is 10.9. The van der Waals surface area contributed by atoms with Gasteiger partial charge in [-0.15, -0.1) is 0 Å². The molecule has 3 aromatic carbocycles. The van der Waals surface area contributed by atoms with Crippen molar-refractivity contribution in [2.45, 2.75) is 25.1 Å². The van der Waals surface area contributed by atoms with Crippen molar-refractivity contribution in [2.24, 2.45) is 0 Å². The van der Waals surface area contributed by atoms with E-state index in [4.69, 9.17) is 11.6 Å². The van der Waals surface area contributed by atoms with E-state index in [-0.39, 0.29) is 21.8 Å². The SMILES string of the molecule is O=C(Nc1cc2c(c3c1C(c1cc(F)ccc1Cl)NC3=O)CCCN2)c1cc(F)cc(C(F)(F)F)c1. The van der Waals surface area contributed by atoms with Crippen LogP contribution in [0.2, 0.25) is 5.02 Å². The summed E-state index contributed by atoms with van der Waals surface area (Å²) < 4.78 is 67.5. The molecule has 0 aromatic heterocycles. The Morgan fingerprint density at radius 1 is 1.06 bits per heavy atom. The Morgan fingerprint density at radius 3 is 2.58 bits per heavy atom. The molecule has 5 rings (SSSR count). The minimum Gasteiger partial charge on any atom is -0.385 e. The molecule has 186 valence electrons. The molecule has 0 spiro atoms. The van der Waals surface area contributed by atoms with Crippen LogP contribution in [0.1, 0.15) is 55.4 Å². The van der Waals surface area contributed by atoms with E-state index in [2.05, 4.69) is 16.0 Å². The molecule has 0 radical (unpaired) electrons. The molecular weight excluding hydrogens is 505 g/mol. The molecule has 1 unspecified atom stereocenters. The monoisotopic (exact) mass is 521 g/mol. The zero-order valence-electron chi connectivity index (χ0n) is 18.3. The van der Waals surface area contributed by atoms with Crippen LogP contribution in [0.5, 0.6) is 0 Å². The number of benzene rings is 3. The van der Waals surface area contributed by atoms with E-state index in [0.29, 0.717) is 48.0 Å². The van der Waals surface area contributed by atoms with E-state index in [9.17, 15) is 31.5 Å². The van der Waals surface area contributed by atoms with Gasteiger partial charge in [0.05, 0.1) is 17.2 Å². The number of hydrogen-bond donors (Lipinski definition) is 3. The topological polar surface area (TPSA) is 70.2 Å². The van der Waals surface area contributed by atoms with Crippen molar-refractivity contribution in [1.29, 1.82) is 0 Å². The molecule has 2 aliphatic heterocycles. The fourth-order valence-corrected chi connectivity index (χ4v) is 4.86. The zero-order valence-corrected chi connectivity index (χ0v) is 19.1. The molecule has 2 amide bonds. The highest BCUT2D eigenvalue weighted by Crippen LogP contribution is 2.44. The van der Waals surface area contributed by atoms with Crippen LogP contribution in [0.25, 0.3) is 0 Å². The van der Waals surface area contributed by atoms with Crippen LogP contribution in [-0.2, 0) is 12.6 Å². The van der Waals surface area contributed by atoms with E-state index in [1.807, 2.05) is 0 Å². The summed E-state index contributed by atoms with van der Waals surface area (Å²) in [5, 5.41) is 8.62. The predicted octanol–water partition coefficient (Wildman–Crippen LogP) is 6.08. The number of fused-ring (bicyclic) bond motifs is 3. The largest absolute Gasteiger partial charge is 0.416 e. The van der Waals surface area contributed by atoms with Crippen molar-refractivity contribution in [3.63, 3.8) is 0 Å². The van der Waals surface area contributed by atoms with Crippen molar-refractivity contribution in [3.05, 3.63) is 92.5 Å². The second-order valence-corrected chi connectivity index (χ2v) is 8.93. The van der Waals surface area contributed by atoms with Crippen LogP contribution >= 0.6 is 11.6 Å². The molecule has 3 aromatic rings. The van der Waals surface area contributed by atoms with Crippen molar-refractivity contribution in [1.82, 2.24) is 5.32 Å². The van der Waals surface area contributed by atoms with Gasteiger partial charge < -0.3 is 16.0 Å². The highest BCUT2D eigenvalue weighted by atomic mass is 35.5. The molecule has 0 fully saturated rings. The maximum absolute atomic E-state index is 14.1. The summed E-state index contributed by atoms with van der Waals surface area (Å²) in [7, 11) is 0. The average molecular weight is 522 g/mol. The minimum absolute atomic E-state index is 0.102. The van der Waals surface area contributed by atoms with Crippen LogP contribution in [0, 0.1) is 11.6 Å². The fourth-order valence-electron chi connectivity index (χ4n) is 4.63. The van der Waals surface area contributed by atoms with E-state index < -0.39 is 46.8 Å². The minimum atomic E-state index is -4.86. The molecule has 0 bridgehead atoms. The number of alkyl halides is 3. The van der Waals surface area contributed by atoms with Gasteiger partial charge in [0.25, 0.3) is 11.8 Å². The quantitative estimate of drug-likeness (QED) is 0.366. The molecule has 0 saturated heterocycles. The summed E-state index contributed by atoms with van der Waals surface area (Å²) in [4.78, 5) is 26.1. The third-order valence-corrected chi connectivity index (χ3v) is 6.53. The maximum atomic E-state index is 14.1. The molecule has 0 aliphatic carbocycles. The van der Waals surface area contributed by atoms with E-state index in [1.165, 1.54) is 6.07 Å². The Kier molecular flexibility index (Phi) is 5.86. The number of amides is 2. The lowest BCUT2D eigenvalue weighted by Crippen LogP contribution is -2.21. The summed E-state index contributed by atoms with van der Waals surface area (Å²) in [5.74, 6) is -3.30. The number of nitrogens with one attached hydrogen (secondary N) is 3. The van der Waals surface area contributed by atoms with Gasteiger partial charge in [0, 0.05) is 39.6 Å². The summed E-state index contributed by atoms with van der Waals surface area (Å²) in [6.45, 7) is 0.610. The molecule has 3 N–H and O–H groups in total. The maximum Gasteiger partial charge on any atom is 0.416 e. The van der Waals surface area contributed by atoms with Crippen LogP contribution < -0.4 is 16.0 Å². The molecule has 0 saturated carbocycles. The smallest absolute Gasteiger partial charge is 0.385 e. The molecule has 2 heterocycles. The van der Waals surface area contributed by atoms with Crippen molar-refractivity contribution >= 4 is 34.8 Å². The average Bonchev–Trinajstić information content (AvgIpc) is 3.17. The number of hydrogen-bond acceptors (Lipinski definition) is 3. The highest BCUT2D eigenvalue weighted by Gasteiger charge is 2.38. The second-order valence-electron chi connectivity index (χ2n) is 8.52. The number of anilines is 2. The van der Waals surface area contributed by atoms with Crippen LogP contribution in [0.3, 0.4) is 0 Å². The van der Waals surface area contributed by atoms with Gasteiger partial charge in [-0.25, -0.2) is 8.78 Å². The predicted molar refractivity (Wildman–Crippen MR) is 123 cm³/mol. The van der Waals surface area contributed by atoms with Gasteiger partial charge >= 0.3 is 6.18 Å². The first kappa shape index (κ1) is 24.1. The molecule has 5 nitrogen and oxygen atoms in total. The van der Waals surface area contributed by atoms with Crippen molar-refractivity contribution < 1.29 is 31.5 Å². The third-order valence-electron chi connectivity index (χ3n) is 6.19. The lowest BCUT2D eigenvalue weighted by Gasteiger charge is -2.24. The lowest BCUT2D eigenvalue weighted by atomic mass is 9.89. The van der Waals surface area contributed by atoms with Gasteiger partial charge in [0.1, 0.15) is 11.6 Å². The van der Waals surface area contributed by atoms with Gasteiger partial charge in [0.2, 0.25) is 0 Å². The normalized spacial score (nSPS) is 16.6. The molecule has 36 heavy (non-hydrogen) atoms. The lowest BCUT2D eigenvalue weighted by molar-refractivity contribution is -0.137. The van der Waals surface area contributed by atoms with E-state index >= 15 is 0 Å². The third kappa shape index (κ3) is 4.26. The fraction of sp³-hybridized carbons (Fsp3) is 0.200. The molecule has 11 heteroatoms. The number of halogens is 6. The Morgan fingerprint density at radius 2 is 1.83 bits per heavy atom. The first-order valence-corrected chi connectivity index (χ1v) is 11.3. The summed E-state index contributed by atoms with van der Waals surface area (Å²) in [6.07, 6.45) is -3.55. The highest BCUT2D eigenvalue weighted by molar-refractivity contribution is 6.31. The first-order chi connectivity index (χ1) is 17.0. The summed E-state index contributed by atoms with van der Waals surface area (Å²) in [5.41, 5.74) is 0.327. The standard InChI is InChI=1S/C25H17ClF5N3O2/c26-17-4-3-13(27)9-16(17)22-21-19(10-18-15(2-1-5-32-18)20(21)24(36)34-22)33-23(35)11-6-12(25(29,30)31)8-14(28)7-11/h3-4,6-10,22,32H,1-2,5H2,(H,33,35)(H,34,36). The van der Waals surface area contributed by atoms with E-state index in [1.54, 1.807) is 6.07 Å². The van der Waals surface area contributed by atoms with Gasteiger partial charge in [0.15, 0.2) is 0 Å². The number of carbonyl (C=O) groups excluding carboxylic acids is 2. The Labute approximate surface area is 206 Å². The Bertz CT molecular complexity index is 1420. The van der Waals surface area contributed by atoms with Gasteiger partial charge in [-0.2, -0.15) is 13.2 Å². The van der Waals surface area contributed by atoms with Gasteiger partial charge in [-0.05, 0) is 60.9 Å². The van der Waals surface area contributed by atoms with Gasteiger partial charge in [-0.3, -0.25) is 9.59 Å².